The van der Waals surface area contributed by atoms with Crippen molar-refractivity contribution in [2.75, 3.05) is 11.1 Å². The maximum Gasteiger partial charge on any atom is 0.268 e. The summed E-state index contributed by atoms with van der Waals surface area (Å²) in [7, 11) is 0. The Balaban J connectivity index is 2.16. The van der Waals surface area contributed by atoms with Crippen LogP contribution in [0.5, 0.6) is 0 Å². The highest BCUT2D eigenvalue weighted by molar-refractivity contribution is 7.15. The lowest BCUT2D eigenvalue weighted by molar-refractivity contribution is -0.112. The third kappa shape index (κ3) is 4.37. The average molecular weight is 327 g/mol. The van der Waals surface area contributed by atoms with Crippen molar-refractivity contribution in [3.05, 3.63) is 40.4 Å². The lowest BCUT2D eigenvalue weighted by Gasteiger charge is -2.12. The number of aromatic nitrogens is 2. The standard InChI is InChI=1S/C16H17N5OS/c1-16(2,3)14-20-21-15(23-14)19-13(22)11(9-17)8-10-4-6-12(18)7-5-10/h4-8H,18H2,1-3H3,(H,19,21,22)/b11-8+. The van der Waals surface area contributed by atoms with Gasteiger partial charge in [-0.15, -0.1) is 10.2 Å². The Morgan fingerprint density at radius 1 is 1.30 bits per heavy atom. The molecule has 1 aromatic heterocycles. The van der Waals surface area contributed by atoms with Gasteiger partial charge in [-0.2, -0.15) is 5.26 Å². The van der Waals surface area contributed by atoms with Crippen molar-refractivity contribution < 1.29 is 4.79 Å². The van der Waals surface area contributed by atoms with Crippen molar-refractivity contribution in [2.45, 2.75) is 26.2 Å². The number of nitriles is 1. The van der Waals surface area contributed by atoms with E-state index in [1.807, 2.05) is 26.8 Å². The third-order valence-electron chi connectivity index (χ3n) is 2.90. The van der Waals surface area contributed by atoms with Crippen LogP contribution in [0, 0.1) is 11.3 Å². The van der Waals surface area contributed by atoms with E-state index < -0.39 is 5.91 Å². The van der Waals surface area contributed by atoms with Crippen LogP contribution in [-0.4, -0.2) is 16.1 Å². The molecule has 0 radical (unpaired) electrons. The Labute approximate surface area is 138 Å². The SMILES string of the molecule is CC(C)(C)c1nnc(NC(=O)/C(C#N)=C/c2ccc(N)cc2)s1. The van der Waals surface area contributed by atoms with Gasteiger partial charge >= 0.3 is 0 Å². The second kappa shape index (κ2) is 6.58. The van der Waals surface area contributed by atoms with Gasteiger partial charge in [0.05, 0.1) is 0 Å². The number of benzene rings is 1. The number of hydrogen-bond acceptors (Lipinski definition) is 6. The van der Waals surface area contributed by atoms with E-state index in [1.54, 1.807) is 24.3 Å². The van der Waals surface area contributed by atoms with Crippen molar-refractivity contribution >= 4 is 34.1 Å². The molecule has 0 bridgehead atoms. The molecule has 0 saturated carbocycles. The summed E-state index contributed by atoms with van der Waals surface area (Å²) in [5, 5.41) is 21.0. The van der Waals surface area contributed by atoms with Crippen LogP contribution in [0.25, 0.3) is 6.08 Å². The maximum absolute atomic E-state index is 12.2. The summed E-state index contributed by atoms with van der Waals surface area (Å²) in [6.45, 7) is 6.04. The van der Waals surface area contributed by atoms with Crippen LogP contribution in [0.1, 0.15) is 31.3 Å². The van der Waals surface area contributed by atoms with Gasteiger partial charge in [0.2, 0.25) is 5.13 Å². The fourth-order valence-electron chi connectivity index (χ4n) is 1.65. The number of amides is 1. The van der Waals surface area contributed by atoms with Gasteiger partial charge in [0.1, 0.15) is 16.6 Å². The number of anilines is 2. The first-order valence-corrected chi connectivity index (χ1v) is 7.74. The molecule has 3 N–H and O–H groups in total. The van der Waals surface area contributed by atoms with Crippen molar-refractivity contribution in [3.8, 4) is 6.07 Å². The second-order valence-electron chi connectivity index (χ2n) is 5.95. The lowest BCUT2D eigenvalue weighted by atomic mass is 9.98. The molecule has 118 valence electrons. The highest BCUT2D eigenvalue weighted by atomic mass is 32.1. The monoisotopic (exact) mass is 327 g/mol. The van der Waals surface area contributed by atoms with E-state index in [0.29, 0.717) is 10.8 Å². The fraction of sp³-hybridized carbons (Fsp3) is 0.250. The number of nitrogen functional groups attached to an aromatic ring is 1. The lowest BCUT2D eigenvalue weighted by Crippen LogP contribution is -2.13. The maximum atomic E-state index is 12.2. The summed E-state index contributed by atoms with van der Waals surface area (Å²) in [5.74, 6) is -0.513. The molecule has 7 heteroatoms. The van der Waals surface area contributed by atoms with Gasteiger partial charge < -0.3 is 5.73 Å². The Kier molecular flexibility index (Phi) is 4.77. The first-order valence-electron chi connectivity index (χ1n) is 6.92. The number of nitrogens with one attached hydrogen (secondary N) is 1. The topological polar surface area (TPSA) is 105 Å². The zero-order valence-electron chi connectivity index (χ0n) is 13.1. The van der Waals surface area contributed by atoms with Crippen LogP contribution >= 0.6 is 11.3 Å². The summed E-state index contributed by atoms with van der Waals surface area (Å²) in [4.78, 5) is 12.2. The number of nitrogens with two attached hydrogens (primary N) is 1. The molecule has 0 atom stereocenters. The van der Waals surface area contributed by atoms with Crippen LogP contribution in [0.4, 0.5) is 10.8 Å². The van der Waals surface area contributed by atoms with Crippen molar-refractivity contribution in [1.29, 1.82) is 5.26 Å². The van der Waals surface area contributed by atoms with Crippen molar-refractivity contribution in [3.63, 3.8) is 0 Å². The largest absolute Gasteiger partial charge is 0.399 e. The Bertz CT molecular complexity index is 778. The Hall–Kier alpha value is -2.72. The van der Waals surface area contributed by atoms with Crippen molar-refractivity contribution in [2.24, 2.45) is 0 Å². The van der Waals surface area contributed by atoms with Crippen LogP contribution < -0.4 is 11.1 Å². The van der Waals surface area contributed by atoms with Crippen LogP contribution in [0.15, 0.2) is 29.8 Å². The second-order valence-corrected chi connectivity index (χ2v) is 6.93. The quantitative estimate of drug-likeness (QED) is 0.512. The van der Waals surface area contributed by atoms with Crippen molar-refractivity contribution in [1.82, 2.24) is 10.2 Å². The first-order chi connectivity index (χ1) is 10.8. The number of hydrogen-bond donors (Lipinski definition) is 2. The number of carbonyl (C=O) groups is 1. The van der Waals surface area contributed by atoms with Gasteiger partial charge in [0.25, 0.3) is 5.91 Å². The molecule has 2 aromatic rings. The fourth-order valence-corrected chi connectivity index (χ4v) is 2.45. The number of rotatable bonds is 3. The predicted octanol–water partition coefficient (Wildman–Crippen LogP) is 2.96. The molecular weight excluding hydrogens is 310 g/mol. The molecular formula is C16H17N5OS. The molecule has 23 heavy (non-hydrogen) atoms. The summed E-state index contributed by atoms with van der Waals surface area (Å²) < 4.78 is 0. The average Bonchev–Trinajstić information content (AvgIpc) is 2.95. The summed E-state index contributed by atoms with van der Waals surface area (Å²) in [6.07, 6.45) is 1.50. The van der Waals surface area contributed by atoms with Gasteiger partial charge in [-0.25, -0.2) is 0 Å². The van der Waals surface area contributed by atoms with Crippen LogP contribution in [-0.2, 0) is 10.2 Å². The molecule has 1 aromatic carbocycles. The van der Waals surface area contributed by atoms with Crippen LogP contribution in [0.3, 0.4) is 0 Å². The highest BCUT2D eigenvalue weighted by Crippen LogP contribution is 2.27. The molecule has 0 aliphatic heterocycles. The van der Waals surface area contributed by atoms with E-state index in [0.717, 1.165) is 10.6 Å². The first kappa shape index (κ1) is 16.6. The van der Waals surface area contributed by atoms with Gasteiger partial charge in [0, 0.05) is 11.1 Å². The van der Waals surface area contributed by atoms with Gasteiger partial charge in [-0.1, -0.05) is 44.2 Å². The van der Waals surface area contributed by atoms with E-state index in [2.05, 4.69) is 15.5 Å². The summed E-state index contributed by atoms with van der Waals surface area (Å²) in [6, 6.07) is 8.79. The zero-order valence-corrected chi connectivity index (χ0v) is 13.9. The molecule has 1 heterocycles. The minimum Gasteiger partial charge on any atom is -0.399 e. The molecule has 0 saturated heterocycles. The van der Waals surface area contributed by atoms with Gasteiger partial charge in [-0.3, -0.25) is 10.1 Å². The van der Waals surface area contributed by atoms with Gasteiger partial charge in [-0.05, 0) is 23.8 Å². The molecule has 1 amide bonds. The Morgan fingerprint density at radius 3 is 2.48 bits per heavy atom. The zero-order chi connectivity index (χ0) is 17.0. The number of carbonyl (C=O) groups excluding carboxylic acids is 1. The molecule has 0 aliphatic rings. The molecule has 0 aliphatic carbocycles. The minimum absolute atomic E-state index is 0.0118. The molecule has 6 nitrogen and oxygen atoms in total. The van der Waals surface area contributed by atoms with Gasteiger partial charge in [0.15, 0.2) is 0 Å². The van der Waals surface area contributed by atoms with E-state index in [4.69, 9.17) is 5.73 Å². The summed E-state index contributed by atoms with van der Waals surface area (Å²) in [5.41, 5.74) is 6.80. The molecule has 2 rings (SSSR count). The molecule has 0 unspecified atom stereocenters. The summed E-state index contributed by atoms with van der Waals surface area (Å²) >= 11 is 1.30. The minimum atomic E-state index is -0.513. The van der Waals surface area contributed by atoms with Crippen LogP contribution in [0.2, 0.25) is 0 Å². The Morgan fingerprint density at radius 2 is 1.96 bits per heavy atom. The smallest absolute Gasteiger partial charge is 0.268 e. The van der Waals surface area contributed by atoms with E-state index in [9.17, 15) is 10.1 Å². The normalized spacial score (nSPS) is 11.8. The number of nitrogens with zero attached hydrogens (tertiary/aromatic N) is 3. The highest BCUT2D eigenvalue weighted by Gasteiger charge is 2.20. The molecule has 0 spiro atoms. The predicted molar refractivity (Wildman–Crippen MR) is 91.7 cm³/mol. The van der Waals surface area contributed by atoms with E-state index in [1.165, 1.54) is 17.4 Å². The molecule has 0 fully saturated rings. The van der Waals surface area contributed by atoms with E-state index in [-0.39, 0.29) is 11.0 Å². The third-order valence-corrected chi connectivity index (χ3v) is 4.16. The van der Waals surface area contributed by atoms with E-state index >= 15 is 0 Å².